The predicted molar refractivity (Wildman–Crippen MR) is 71.6 cm³/mol. The van der Waals surface area contributed by atoms with Crippen LogP contribution in [0.4, 0.5) is 0 Å². The van der Waals surface area contributed by atoms with Crippen molar-refractivity contribution in [3.8, 4) is 0 Å². The van der Waals surface area contributed by atoms with Crippen LogP contribution in [0.3, 0.4) is 0 Å². The molecule has 0 aromatic carbocycles. The molecule has 0 radical (unpaired) electrons. The van der Waals surface area contributed by atoms with Crippen LogP contribution in [0.15, 0.2) is 18.3 Å². The van der Waals surface area contributed by atoms with Crippen molar-refractivity contribution < 1.29 is 5.11 Å². The Bertz CT molecular complexity index is 341. The molecule has 1 saturated carbocycles. The second kappa shape index (κ2) is 7.17. The minimum Gasteiger partial charge on any atom is -0.393 e. The molecule has 17 heavy (non-hydrogen) atoms. The summed E-state index contributed by atoms with van der Waals surface area (Å²) in [5.41, 5.74) is 1.04. The molecule has 0 bridgehead atoms. The van der Waals surface area contributed by atoms with E-state index < -0.39 is 0 Å². The van der Waals surface area contributed by atoms with Gasteiger partial charge in [0, 0.05) is 24.3 Å². The van der Waals surface area contributed by atoms with E-state index in [1.807, 2.05) is 12.1 Å². The summed E-state index contributed by atoms with van der Waals surface area (Å²) in [5.74, 6) is 0. The Kier molecular flexibility index (Phi) is 6.20. The fraction of sp³-hybridized carbons (Fsp3) is 0.583. The molecule has 1 aliphatic carbocycles. The first-order valence-corrected chi connectivity index (χ1v) is 6.14. The second-order valence-corrected chi connectivity index (χ2v) is 4.70. The van der Waals surface area contributed by atoms with Crippen LogP contribution >= 0.6 is 24.0 Å². The monoisotopic (exact) mass is 276 g/mol. The highest BCUT2D eigenvalue weighted by Crippen LogP contribution is 2.19. The average Bonchev–Trinajstić information content (AvgIpc) is 2.30. The number of nitrogens with zero attached hydrogens (tertiary/aromatic N) is 1. The summed E-state index contributed by atoms with van der Waals surface area (Å²) in [4.78, 5) is 4.04. The smallest absolute Gasteiger partial charge is 0.133 e. The van der Waals surface area contributed by atoms with Gasteiger partial charge in [0.1, 0.15) is 5.15 Å². The van der Waals surface area contributed by atoms with E-state index in [4.69, 9.17) is 11.6 Å². The molecule has 3 nitrogen and oxygen atoms in total. The van der Waals surface area contributed by atoms with Gasteiger partial charge in [0.25, 0.3) is 0 Å². The number of aliphatic hydroxyl groups excluding tert-OH is 1. The van der Waals surface area contributed by atoms with Crippen molar-refractivity contribution in [2.75, 3.05) is 0 Å². The molecule has 1 aromatic rings. The van der Waals surface area contributed by atoms with Gasteiger partial charge in [0.15, 0.2) is 0 Å². The highest BCUT2D eigenvalue weighted by molar-refractivity contribution is 6.30. The largest absolute Gasteiger partial charge is 0.393 e. The van der Waals surface area contributed by atoms with E-state index in [2.05, 4.69) is 10.3 Å². The Morgan fingerprint density at radius 2 is 2.06 bits per heavy atom. The van der Waals surface area contributed by atoms with Gasteiger partial charge in [-0.3, -0.25) is 0 Å². The van der Waals surface area contributed by atoms with Crippen LogP contribution in [-0.2, 0) is 6.54 Å². The number of halogens is 2. The number of pyridine rings is 1. The van der Waals surface area contributed by atoms with Gasteiger partial charge in [0.05, 0.1) is 6.10 Å². The van der Waals surface area contributed by atoms with Crippen LogP contribution in [0.1, 0.15) is 31.2 Å². The summed E-state index contributed by atoms with van der Waals surface area (Å²) in [6.07, 6.45) is 5.48. The van der Waals surface area contributed by atoms with E-state index in [-0.39, 0.29) is 18.5 Å². The number of rotatable bonds is 3. The Balaban J connectivity index is 0.00000144. The zero-order valence-electron chi connectivity index (χ0n) is 9.60. The third-order valence-corrected chi connectivity index (χ3v) is 3.45. The maximum atomic E-state index is 9.40. The van der Waals surface area contributed by atoms with Gasteiger partial charge in [-0.2, -0.15) is 0 Å². The first-order chi connectivity index (χ1) is 7.75. The van der Waals surface area contributed by atoms with Crippen molar-refractivity contribution >= 4 is 24.0 Å². The zero-order chi connectivity index (χ0) is 11.4. The zero-order valence-corrected chi connectivity index (χ0v) is 11.2. The highest BCUT2D eigenvalue weighted by Gasteiger charge is 2.18. The topological polar surface area (TPSA) is 45.1 Å². The summed E-state index contributed by atoms with van der Waals surface area (Å²) in [7, 11) is 0. The molecule has 1 fully saturated rings. The lowest BCUT2D eigenvalue weighted by Gasteiger charge is -2.26. The Morgan fingerprint density at radius 3 is 2.71 bits per heavy atom. The molecule has 0 aliphatic heterocycles. The number of aromatic nitrogens is 1. The van der Waals surface area contributed by atoms with E-state index in [0.29, 0.717) is 11.2 Å². The number of hydrogen-bond donors (Lipinski definition) is 2. The van der Waals surface area contributed by atoms with E-state index in [0.717, 1.165) is 37.8 Å². The molecule has 96 valence electrons. The fourth-order valence-electron chi connectivity index (χ4n) is 2.09. The summed E-state index contributed by atoms with van der Waals surface area (Å²) in [5, 5.41) is 13.4. The van der Waals surface area contributed by atoms with E-state index >= 15 is 0 Å². The van der Waals surface area contributed by atoms with E-state index in [1.165, 1.54) is 0 Å². The molecule has 0 unspecified atom stereocenters. The van der Waals surface area contributed by atoms with Crippen LogP contribution in [0.25, 0.3) is 0 Å². The Morgan fingerprint density at radius 1 is 1.35 bits per heavy atom. The first kappa shape index (κ1) is 14.7. The lowest BCUT2D eigenvalue weighted by Crippen LogP contribution is -2.34. The molecular weight excluding hydrogens is 259 g/mol. The molecular formula is C12H18Cl2N2O. The van der Waals surface area contributed by atoms with Gasteiger partial charge >= 0.3 is 0 Å². The average molecular weight is 277 g/mol. The Hall–Kier alpha value is -0.350. The summed E-state index contributed by atoms with van der Waals surface area (Å²) in [6, 6.07) is 4.38. The molecule has 0 atom stereocenters. The van der Waals surface area contributed by atoms with Gasteiger partial charge in [-0.05, 0) is 31.7 Å². The standard InChI is InChI=1S/C12H17ClN2O.ClH/c13-12-9(2-1-7-14-12)8-15-10-3-5-11(16)6-4-10;/h1-2,7,10-11,15-16H,3-6,8H2;1H. The molecule has 1 heterocycles. The maximum Gasteiger partial charge on any atom is 0.133 e. The van der Waals surface area contributed by atoms with Crippen LogP contribution < -0.4 is 5.32 Å². The van der Waals surface area contributed by atoms with Crippen LogP contribution in [-0.4, -0.2) is 22.2 Å². The first-order valence-electron chi connectivity index (χ1n) is 5.76. The summed E-state index contributed by atoms with van der Waals surface area (Å²) < 4.78 is 0. The van der Waals surface area contributed by atoms with Crippen LogP contribution in [0.2, 0.25) is 5.15 Å². The minimum atomic E-state index is -0.0972. The summed E-state index contributed by atoms with van der Waals surface area (Å²) in [6.45, 7) is 0.757. The SMILES string of the molecule is Cl.OC1CCC(NCc2cccnc2Cl)CC1. The molecule has 0 spiro atoms. The summed E-state index contributed by atoms with van der Waals surface area (Å²) >= 11 is 5.97. The van der Waals surface area contributed by atoms with Crippen molar-refractivity contribution in [3.63, 3.8) is 0 Å². The van der Waals surface area contributed by atoms with Gasteiger partial charge in [-0.15, -0.1) is 12.4 Å². The highest BCUT2D eigenvalue weighted by atomic mass is 35.5. The van der Waals surface area contributed by atoms with Gasteiger partial charge in [0.2, 0.25) is 0 Å². The van der Waals surface area contributed by atoms with Crippen LogP contribution in [0.5, 0.6) is 0 Å². The maximum absolute atomic E-state index is 9.40. The van der Waals surface area contributed by atoms with Crippen LogP contribution in [0, 0.1) is 0 Å². The fourth-order valence-corrected chi connectivity index (χ4v) is 2.27. The third-order valence-electron chi connectivity index (χ3n) is 3.11. The normalized spacial score (nSPS) is 24.1. The Labute approximate surface area is 113 Å². The van der Waals surface area contributed by atoms with Gasteiger partial charge < -0.3 is 10.4 Å². The second-order valence-electron chi connectivity index (χ2n) is 4.34. The van der Waals surface area contributed by atoms with Gasteiger partial charge in [-0.25, -0.2) is 4.98 Å². The predicted octanol–water partition coefficient (Wildman–Crippen LogP) is 2.55. The van der Waals surface area contributed by atoms with Crippen molar-refractivity contribution in [2.45, 2.75) is 44.4 Å². The lowest BCUT2D eigenvalue weighted by molar-refractivity contribution is 0.116. The molecule has 0 saturated heterocycles. The molecule has 1 aliphatic rings. The minimum absolute atomic E-state index is 0. The third kappa shape index (κ3) is 4.43. The molecule has 1 aromatic heterocycles. The number of hydrogen-bond acceptors (Lipinski definition) is 3. The molecule has 0 amide bonds. The number of nitrogens with one attached hydrogen (secondary N) is 1. The molecule has 2 N–H and O–H groups in total. The molecule has 2 rings (SSSR count). The van der Waals surface area contributed by atoms with Crippen molar-refractivity contribution in [1.82, 2.24) is 10.3 Å². The molecule has 5 heteroatoms. The van der Waals surface area contributed by atoms with Crippen molar-refractivity contribution in [1.29, 1.82) is 0 Å². The lowest BCUT2D eigenvalue weighted by atomic mass is 9.93. The van der Waals surface area contributed by atoms with E-state index in [9.17, 15) is 5.11 Å². The van der Waals surface area contributed by atoms with Crippen molar-refractivity contribution in [3.05, 3.63) is 29.0 Å². The number of aliphatic hydroxyl groups is 1. The quantitative estimate of drug-likeness (QED) is 0.835. The van der Waals surface area contributed by atoms with E-state index in [1.54, 1.807) is 6.20 Å². The van der Waals surface area contributed by atoms with Crippen molar-refractivity contribution in [2.24, 2.45) is 0 Å². The van der Waals surface area contributed by atoms with Gasteiger partial charge in [-0.1, -0.05) is 17.7 Å².